The number of hydrogen-bond acceptors (Lipinski definition) is 11. The van der Waals surface area contributed by atoms with E-state index in [2.05, 4.69) is 25.1 Å². The largest absolute Gasteiger partial charge is 0.490 e. The number of piperidine rings is 4. The molecule has 15 nitrogen and oxygen atoms in total. The highest BCUT2D eigenvalue weighted by Gasteiger charge is 2.45. The summed E-state index contributed by atoms with van der Waals surface area (Å²) in [4.78, 5) is 70.3. The quantitative estimate of drug-likeness (QED) is 0.202. The Morgan fingerprint density at radius 1 is 0.889 bits per heavy atom. The number of carbonyl (C=O) groups is 4. The number of aryl methyl sites for hydroxylation is 1. The summed E-state index contributed by atoms with van der Waals surface area (Å²) in [5.74, 6) is -1.10. The molecule has 284 valence electrons. The summed E-state index contributed by atoms with van der Waals surface area (Å²) >= 11 is 0. The van der Waals surface area contributed by atoms with E-state index in [0.717, 1.165) is 112 Å². The van der Waals surface area contributed by atoms with Gasteiger partial charge in [0.2, 0.25) is 11.8 Å². The van der Waals surface area contributed by atoms with Crippen LogP contribution >= 0.6 is 0 Å². The van der Waals surface area contributed by atoms with E-state index in [4.69, 9.17) is 4.74 Å². The first kappa shape index (κ1) is 35.7. The molecule has 1 N–H and O–H groups in total. The minimum Gasteiger partial charge on any atom is -0.490 e. The predicted octanol–water partition coefficient (Wildman–Crippen LogP) is 4.00. The summed E-state index contributed by atoms with van der Waals surface area (Å²) in [6.45, 7) is 6.72. The van der Waals surface area contributed by atoms with Crippen molar-refractivity contribution in [3.63, 3.8) is 0 Å². The first-order valence-corrected chi connectivity index (χ1v) is 19.0. The van der Waals surface area contributed by atoms with Crippen molar-refractivity contribution in [2.24, 2.45) is 18.4 Å². The van der Waals surface area contributed by atoms with Crippen LogP contribution < -0.4 is 19.9 Å². The molecule has 1 spiro atoms. The van der Waals surface area contributed by atoms with Crippen molar-refractivity contribution in [2.45, 2.75) is 57.4 Å². The highest BCUT2D eigenvalue weighted by molar-refractivity contribution is 6.23. The number of amides is 4. The van der Waals surface area contributed by atoms with Gasteiger partial charge in [-0.05, 0) is 87.6 Å². The third-order valence-corrected chi connectivity index (χ3v) is 12.5. The summed E-state index contributed by atoms with van der Waals surface area (Å²) in [7, 11) is 3.31. The van der Waals surface area contributed by atoms with Crippen LogP contribution in [-0.4, -0.2) is 107 Å². The molecule has 1 aromatic heterocycles. The molecule has 6 heterocycles. The van der Waals surface area contributed by atoms with Crippen molar-refractivity contribution in [1.29, 1.82) is 0 Å². The number of nitrogens with one attached hydrogen (secondary N) is 1. The molecule has 54 heavy (non-hydrogen) atoms. The first-order chi connectivity index (χ1) is 26.0. The summed E-state index contributed by atoms with van der Waals surface area (Å²) in [5, 5.41) is 18.4. The third kappa shape index (κ3) is 6.58. The molecular formula is C39H46N8O7. The van der Waals surface area contributed by atoms with Gasteiger partial charge in [0.25, 0.3) is 11.8 Å². The van der Waals surface area contributed by atoms with E-state index >= 15 is 0 Å². The smallest absolute Gasteiger partial charge is 0.311 e. The topological polar surface area (TPSA) is 163 Å². The van der Waals surface area contributed by atoms with Gasteiger partial charge in [0.05, 0.1) is 29.4 Å². The number of anilines is 2. The van der Waals surface area contributed by atoms with Gasteiger partial charge in [0.15, 0.2) is 5.75 Å². The first-order valence-electron chi connectivity index (χ1n) is 19.0. The van der Waals surface area contributed by atoms with Crippen LogP contribution in [0.25, 0.3) is 11.1 Å². The van der Waals surface area contributed by atoms with E-state index in [1.165, 1.54) is 7.11 Å². The standard InChI is InChI=1S/C39H46N8O7/c1-42-24-26(22-40-42)29-20-33(47(52)53)34(54-2)21-32(29)45-17-11-39(12-18-45)9-15-43(16-10-39)23-25-7-13-44(14-8-25)27-3-4-28-30(19-27)38(51)46(37(28)50)31-5-6-35(48)41-36(31)49/h3-4,19-22,24-25,31H,5-18,23H2,1-2H3,(H,41,48,49). The average Bonchev–Trinajstić information content (AvgIpc) is 3.72. The fourth-order valence-electron chi connectivity index (χ4n) is 9.24. The number of carbonyl (C=O) groups excluding carboxylic acids is 4. The molecule has 0 radical (unpaired) electrons. The number of nitrogens with zero attached hydrogens (tertiary/aromatic N) is 7. The Balaban J connectivity index is 0.839. The van der Waals surface area contributed by atoms with Crippen LogP contribution in [0.15, 0.2) is 42.7 Å². The van der Waals surface area contributed by atoms with Crippen LogP contribution in [0.5, 0.6) is 5.75 Å². The molecule has 5 aliphatic rings. The van der Waals surface area contributed by atoms with Gasteiger partial charge < -0.3 is 19.4 Å². The number of nitro benzene ring substituents is 1. The Labute approximate surface area is 313 Å². The van der Waals surface area contributed by atoms with Gasteiger partial charge in [-0.1, -0.05) is 0 Å². The second-order valence-electron chi connectivity index (χ2n) is 15.6. The molecule has 5 aliphatic heterocycles. The highest BCUT2D eigenvalue weighted by atomic mass is 16.6. The zero-order chi connectivity index (χ0) is 37.7. The number of likely N-dealkylation sites (tertiary alicyclic amines) is 1. The van der Waals surface area contributed by atoms with E-state index in [0.29, 0.717) is 22.5 Å². The Hall–Kier alpha value is -5.31. The highest BCUT2D eigenvalue weighted by Crippen LogP contribution is 2.46. The minimum absolute atomic E-state index is 0.0517. The number of benzene rings is 2. The Morgan fingerprint density at radius 2 is 1.59 bits per heavy atom. The lowest BCUT2D eigenvalue weighted by Crippen LogP contribution is -2.54. The molecule has 8 rings (SSSR count). The molecule has 4 fully saturated rings. The number of rotatable bonds is 8. The molecule has 4 amide bonds. The maximum absolute atomic E-state index is 13.3. The van der Waals surface area contributed by atoms with Crippen LogP contribution in [-0.2, 0) is 16.6 Å². The van der Waals surface area contributed by atoms with Crippen molar-refractivity contribution in [2.75, 3.05) is 62.7 Å². The zero-order valence-corrected chi connectivity index (χ0v) is 30.8. The molecule has 0 bridgehead atoms. The van der Waals surface area contributed by atoms with Crippen molar-refractivity contribution in [3.8, 4) is 16.9 Å². The second-order valence-corrected chi connectivity index (χ2v) is 15.6. The molecule has 3 aromatic rings. The van der Waals surface area contributed by atoms with Crippen LogP contribution in [0.2, 0.25) is 0 Å². The summed E-state index contributed by atoms with van der Waals surface area (Å²) in [6.07, 6.45) is 10.4. The van der Waals surface area contributed by atoms with Crippen LogP contribution in [0.3, 0.4) is 0 Å². The van der Waals surface area contributed by atoms with Crippen molar-refractivity contribution >= 4 is 40.7 Å². The van der Waals surface area contributed by atoms with Crippen LogP contribution in [0.1, 0.15) is 72.1 Å². The lowest BCUT2D eigenvalue weighted by Gasteiger charge is -2.48. The van der Waals surface area contributed by atoms with Crippen molar-refractivity contribution in [3.05, 3.63) is 64.0 Å². The van der Waals surface area contributed by atoms with E-state index < -0.39 is 28.7 Å². The number of imide groups is 2. The number of aromatic nitrogens is 2. The Kier molecular flexibility index (Phi) is 9.36. The lowest BCUT2D eigenvalue weighted by atomic mass is 9.71. The van der Waals surface area contributed by atoms with E-state index in [1.807, 2.05) is 25.4 Å². The molecule has 15 heteroatoms. The average molecular weight is 739 g/mol. The maximum Gasteiger partial charge on any atom is 0.311 e. The number of ether oxygens (including phenoxy) is 1. The normalized spacial score (nSPS) is 22.2. The van der Waals surface area contributed by atoms with Crippen molar-refractivity contribution in [1.82, 2.24) is 24.9 Å². The molecule has 4 saturated heterocycles. The monoisotopic (exact) mass is 738 g/mol. The molecular weight excluding hydrogens is 692 g/mol. The second kappa shape index (κ2) is 14.2. The number of nitro groups is 1. The van der Waals surface area contributed by atoms with Gasteiger partial charge >= 0.3 is 5.69 Å². The Bertz CT molecular complexity index is 2000. The van der Waals surface area contributed by atoms with Gasteiger partial charge in [-0.15, -0.1) is 0 Å². The van der Waals surface area contributed by atoms with Crippen LogP contribution in [0, 0.1) is 21.4 Å². The van der Waals surface area contributed by atoms with E-state index in [1.54, 1.807) is 29.1 Å². The molecule has 0 saturated carbocycles. The fourth-order valence-corrected chi connectivity index (χ4v) is 9.24. The van der Waals surface area contributed by atoms with Gasteiger partial charge in [0, 0.05) is 87.0 Å². The lowest BCUT2D eigenvalue weighted by molar-refractivity contribution is -0.385. The third-order valence-electron chi connectivity index (χ3n) is 12.5. The summed E-state index contributed by atoms with van der Waals surface area (Å²) in [6, 6.07) is 7.84. The van der Waals surface area contributed by atoms with Gasteiger partial charge in [-0.2, -0.15) is 5.10 Å². The molecule has 1 atom stereocenters. The zero-order valence-electron chi connectivity index (χ0n) is 30.8. The van der Waals surface area contributed by atoms with E-state index in [9.17, 15) is 29.3 Å². The SMILES string of the molecule is COc1cc(N2CCC3(CCN(CC4CCN(c5ccc6c(c5)C(=O)N(C5CCC(=O)NC5=O)C6=O)CC4)CC3)CC2)c(-c2cnn(C)c2)cc1[N+](=O)[O-]. The summed E-state index contributed by atoms with van der Waals surface area (Å²) in [5.41, 5.74) is 4.36. The maximum atomic E-state index is 13.3. The van der Waals surface area contributed by atoms with Crippen molar-refractivity contribution < 1.29 is 28.8 Å². The van der Waals surface area contributed by atoms with Gasteiger partial charge in [-0.3, -0.25) is 44.2 Å². The van der Waals surface area contributed by atoms with Gasteiger partial charge in [-0.25, -0.2) is 0 Å². The van der Waals surface area contributed by atoms with Crippen LogP contribution in [0.4, 0.5) is 17.1 Å². The molecule has 2 aromatic carbocycles. The number of methoxy groups -OCH3 is 1. The predicted molar refractivity (Wildman–Crippen MR) is 199 cm³/mol. The molecule has 1 unspecified atom stereocenters. The molecule has 0 aliphatic carbocycles. The number of fused-ring (bicyclic) bond motifs is 1. The van der Waals surface area contributed by atoms with E-state index in [-0.39, 0.29) is 30.2 Å². The number of hydrogen-bond donors (Lipinski definition) is 1. The fraction of sp³-hybridized carbons (Fsp3) is 0.513. The Morgan fingerprint density at radius 3 is 2.24 bits per heavy atom. The minimum atomic E-state index is -0.968. The van der Waals surface area contributed by atoms with Gasteiger partial charge in [0.1, 0.15) is 6.04 Å². The summed E-state index contributed by atoms with van der Waals surface area (Å²) < 4.78 is 7.16.